The minimum atomic E-state index is -0.107. The van der Waals surface area contributed by atoms with Crippen molar-refractivity contribution in [2.75, 3.05) is 6.35 Å². The van der Waals surface area contributed by atoms with Crippen LogP contribution in [0.5, 0.6) is 0 Å². The Kier molecular flexibility index (Phi) is 6.43. The molecule has 0 aliphatic carbocycles. The van der Waals surface area contributed by atoms with E-state index in [-0.39, 0.29) is 5.97 Å². The summed E-state index contributed by atoms with van der Waals surface area (Å²) in [5.74, 6) is -0.107. The second kappa shape index (κ2) is 8.59. The average Bonchev–Trinajstić information content (AvgIpc) is 2.53. The van der Waals surface area contributed by atoms with Crippen LogP contribution in [0.2, 0.25) is 0 Å². The van der Waals surface area contributed by atoms with Crippen LogP contribution in [-0.2, 0) is 16.0 Å². The van der Waals surface area contributed by atoms with Gasteiger partial charge in [0.05, 0.1) is 0 Å². The maximum atomic E-state index is 11.2. The second-order valence-corrected chi connectivity index (χ2v) is 5.29. The van der Waals surface area contributed by atoms with Gasteiger partial charge < -0.3 is 4.74 Å². The Balaban J connectivity index is 1.79. The topological polar surface area (TPSA) is 26.3 Å². The molecule has 0 aliphatic rings. The van der Waals surface area contributed by atoms with Gasteiger partial charge >= 0.3 is 5.97 Å². The molecule has 1 unspecified atom stereocenters. The van der Waals surface area contributed by atoms with Gasteiger partial charge in [0.15, 0.2) is 0 Å². The number of hydrogen-bond acceptors (Lipinski definition) is 2. The third kappa shape index (κ3) is 5.32. The van der Waals surface area contributed by atoms with Gasteiger partial charge in [0.1, 0.15) is 6.35 Å². The molecule has 110 valence electrons. The molecule has 0 radical (unpaired) electrons. The number of carbonyl (C=O) groups is 1. The highest BCUT2D eigenvalue weighted by Crippen LogP contribution is 2.20. The molecule has 1 atom stereocenters. The zero-order valence-electron chi connectivity index (χ0n) is 12.1. The van der Waals surface area contributed by atoms with E-state index in [9.17, 15) is 4.79 Å². The molecule has 0 saturated heterocycles. The molecule has 3 heteroatoms. The van der Waals surface area contributed by atoms with Crippen molar-refractivity contribution >= 4 is 15.2 Å². The van der Waals surface area contributed by atoms with E-state index < -0.39 is 0 Å². The molecule has 21 heavy (non-hydrogen) atoms. The van der Waals surface area contributed by atoms with Crippen LogP contribution in [0.25, 0.3) is 11.1 Å². The van der Waals surface area contributed by atoms with E-state index in [1.54, 1.807) is 0 Å². The summed E-state index contributed by atoms with van der Waals surface area (Å²) in [6.45, 7) is 0. The second-order valence-electron chi connectivity index (χ2n) is 4.95. The van der Waals surface area contributed by atoms with Crippen LogP contribution in [0.4, 0.5) is 0 Å². The largest absolute Gasteiger partial charge is 0.462 e. The molecule has 0 heterocycles. The van der Waals surface area contributed by atoms with Crippen molar-refractivity contribution < 1.29 is 9.53 Å². The predicted octanol–water partition coefficient (Wildman–Crippen LogP) is 4.44. The SMILES string of the molecule is O=C(CCCCc1ccc(-c2ccccc2)cc1)OCP. The lowest BCUT2D eigenvalue weighted by atomic mass is 10.0. The molecule has 2 nitrogen and oxygen atoms in total. The predicted molar refractivity (Wildman–Crippen MR) is 90.1 cm³/mol. The normalized spacial score (nSPS) is 10.3. The average molecular weight is 300 g/mol. The standard InChI is InChI=1S/C18H21O2P/c19-18(20-14-21)9-5-4-6-15-10-12-17(13-11-15)16-7-2-1-3-8-16/h1-3,7-8,10-13H,4-6,9,14,21H2. The van der Waals surface area contributed by atoms with Crippen molar-refractivity contribution in [1.82, 2.24) is 0 Å². The van der Waals surface area contributed by atoms with Gasteiger partial charge in [0, 0.05) is 6.42 Å². The van der Waals surface area contributed by atoms with Crippen molar-refractivity contribution in [2.24, 2.45) is 0 Å². The summed E-state index contributed by atoms with van der Waals surface area (Å²) in [7, 11) is 2.39. The van der Waals surface area contributed by atoms with Gasteiger partial charge in [-0.1, -0.05) is 63.8 Å². The van der Waals surface area contributed by atoms with Crippen LogP contribution < -0.4 is 0 Å². The number of aryl methyl sites for hydroxylation is 1. The molecule has 0 N–H and O–H groups in total. The van der Waals surface area contributed by atoms with Gasteiger partial charge in [-0.25, -0.2) is 0 Å². The van der Waals surface area contributed by atoms with Crippen molar-refractivity contribution in [3.63, 3.8) is 0 Å². The lowest BCUT2D eigenvalue weighted by molar-refractivity contribution is -0.141. The molecule has 0 bridgehead atoms. The molecule has 0 aromatic heterocycles. The molecular weight excluding hydrogens is 279 g/mol. The Bertz CT molecular complexity index is 549. The molecule has 0 amide bonds. The number of hydrogen-bond donors (Lipinski definition) is 0. The van der Waals surface area contributed by atoms with E-state index in [0.29, 0.717) is 12.8 Å². The van der Waals surface area contributed by atoms with Crippen LogP contribution in [-0.4, -0.2) is 12.3 Å². The Morgan fingerprint density at radius 1 is 0.905 bits per heavy atom. The monoisotopic (exact) mass is 300 g/mol. The Labute approximate surface area is 128 Å². The number of ether oxygens (including phenoxy) is 1. The minimum absolute atomic E-state index is 0.107. The zero-order chi connectivity index (χ0) is 14.9. The van der Waals surface area contributed by atoms with Crippen LogP contribution in [0, 0.1) is 0 Å². The zero-order valence-corrected chi connectivity index (χ0v) is 13.3. The van der Waals surface area contributed by atoms with Gasteiger partial charge in [0.25, 0.3) is 0 Å². The summed E-state index contributed by atoms with van der Waals surface area (Å²) >= 11 is 0. The van der Waals surface area contributed by atoms with E-state index >= 15 is 0 Å². The summed E-state index contributed by atoms with van der Waals surface area (Å²) in [6.07, 6.45) is 3.79. The highest BCUT2D eigenvalue weighted by atomic mass is 31.0. The first-order chi connectivity index (χ1) is 10.3. The fourth-order valence-electron chi connectivity index (χ4n) is 2.26. The molecular formula is C18H21O2P. The Morgan fingerprint density at radius 3 is 2.24 bits per heavy atom. The van der Waals surface area contributed by atoms with Gasteiger partial charge in [-0.15, -0.1) is 0 Å². The van der Waals surface area contributed by atoms with Crippen LogP contribution in [0.1, 0.15) is 24.8 Å². The maximum Gasteiger partial charge on any atom is 0.306 e. The fourth-order valence-corrected chi connectivity index (χ4v) is 2.44. The minimum Gasteiger partial charge on any atom is -0.462 e. The smallest absolute Gasteiger partial charge is 0.306 e. The Hall–Kier alpha value is -1.66. The van der Waals surface area contributed by atoms with E-state index in [1.165, 1.54) is 16.7 Å². The summed E-state index contributed by atoms with van der Waals surface area (Å²) in [6, 6.07) is 19.0. The van der Waals surface area contributed by atoms with Crippen LogP contribution in [0.15, 0.2) is 54.6 Å². The van der Waals surface area contributed by atoms with Gasteiger partial charge in [-0.05, 0) is 36.0 Å². The number of unbranched alkanes of at least 4 members (excludes halogenated alkanes) is 1. The quantitative estimate of drug-likeness (QED) is 0.429. The van der Waals surface area contributed by atoms with Crippen LogP contribution in [0.3, 0.4) is 0 Å². The van der Waals surface area contributed by atoms with E-state index in [4.69, 9.17) is 4.74 Å². The molecule has 0 saturated carbocycles. The molecule has 0 fully saturated rings. The van der Waals surface area contributed by atoms with Gasteiger partial charge in [0.2, 0.25) is 0 Å². The maximum absolute atomic E-state index is 11.2. The first kappa shape index (κ1) is 15.7. The van der Waals surface area contributed by atoms with Crippen molar-refractivity contribution in [3.8, 4) is 11.1 Å². The summed E-state index contributed by atoms with van der Waals surface area (Å²) in [5, 5.41) is 0. The molecule has 0 aliphatic heterocycles. The van der Waals surface area contributed by atoms with Crippen LogP contribution >= 0.6 is 9.24 Å². The summed E-state index contributed by atoms with van der Waals surface area (Å²) in [5.41, 5.74) is 3.79. The number of carbonyl (C=O) groups excluding carboxylic acids is 1. The number of rotatable bonds is 7. The van der Waals surface area contributed by atoms with Crippen molar-refractivity contribution in [3.05, 3.63) is 60.2 Å². The number of benzene rings is 2. The van der Waals surface area contributed by atoms with Crippen molar-refractivity contribution in [2.45, 2.75) is 25.7 Å². The Morgan fingerprint density at radius 2 is 1.57 bits per heavy atom. The molecule has 0 spiro atoms. The highest BCUT2D eigenvalue weighted by molar-refractivity contribution is 7.16. The molecule has 2 aromatic rings. The first-order valence-corrected chi connectivity index (χ1v) is 8.11. The van der Waals surface area contributed by atoms with E-state index in [1.807, 2.05) is 6.07 Å². The molecule has 2 rings (SSSR count). The number of esters is 1. The van der Waals surface area contributed by atoms with Crippen molar-refractivity contribution in [1.29, 1.82) is 0 Å². The summed E-state index contributed by atoms with van der Waals surface area (Å²) < 4.78 is 4.88. The third-order valence-electron chi connectivity index (χ3n) is 3.40. The van der Waals surface area contributed by atoms with Gasteiger partial charge in [-0.2, -0.15) is 0 Å². The van der Waals surface area contributed by atoms with E-state index in [2.05, 4.69) is 57.8 Å². The molecule has 2 aromatic carbocycles. The van der Waals surface area contributed by atoms with Gasteiger partial charge in [-0.3, -0.25) is 4.79 Å². The third-order valence-corrected chi connectivity index (χ3v) is 3.57. The highest BCUT2D eigenvalue weighted by Gasteiger charge is 2.02. The lowest BCUT2D eigenvalue weighted by Gasteiger charge is -2.05. The van der Waals surface area contributed by atoms with E-state index in [0.717, 1.165) is 19.3 Å². The fraction of sp³-hybridized carbons (Fsp3) is 0.278. The first-order valence-electron chi connectivity index (χ1n) is 7.29. The summed E-state index contributed by atoms with van der Waals surface area (Å²) in [4.78, 5) is 11.2. The lowest BCUT2D eigenvalue weighted by Crippen LogP contribution is -2.02.